The first-order chi connectivity index (χ1) is 10.2. The summed E-state index contributed by atoms with van der Waals surface area (Å²) in [6.45, 7) is 4.20. The fourth-order valence-electron chi connectivity index (χ4n) is 3.37. The summed E-state index contributed by atoms with van der Waals surface area (Å²) in [6, 6.07) is 7.90. The van der Waals surface area contributed by atoms with Crippen LogP contribution in [0.2, 0.25) is 0 Å². The first-order valence-corrected chi connectivity index (χ1v) is 7.85. The van der Waals surface area contributed by atoms with Crippen molar-refractivity contribution < 1.29 is 9.59 Å². The maximum Gasteiger partial charge on any atom is 0.316 e. The number of para-hydroxylation sites is 1. The van der Waals surface area contributed by atoms with E-state index < -0.39 is 0 Å². The Morgan fingerprint density at radius 3 is 2.71 bits per heavy atom. The summed E-state index contributed by atoms with van der Waals surface area (Å²) >= 11 is 0. The Balaban J connectivity index is 1.78. The zero-order valence-electron chi connectivity index (χ0n) is 12.5. The van der Waals surface area contributed by atoms with Gasteiger partial charge in [0.15, 0.2) is 0 Å². The van der Waals surface area contributed by atoms with Crippen LogP contribution >= 0.6 is 0 Å². The van der Waals surface area contributed by atoms with Gasteiger partial charge in [0.2, 0.25) is 0 Å². The zero-order chi connectivity index (χ0) is 14.8. The van der Waals surface area contributed by atoms with Crippen molar-refractivity contribution in [2.75, 3.05) is 24.5 Å². The van der Waals surface area contributed by atoms with Gasteiger partial charge in [-0.2, -0.15) is 0 Å². The van der Waals surface area contributed by atoms with Crippen molar-refractivity contribution in [3.8, 4) is 0 Å². The predicted molar refractivity (Wildman–Crippen MR) is 82.1 cm³/mol. The largest absolute Gasteiger partial charge is 0.334 e. The predicted octanol–water partition coefficient (Wildman–Crippen LogP) is 2.22. The van der Waals surface area contributed by atoms with Crippen LogP contribution in [0.3, 0.4) is 0 Å². The highest BCUT2D eigenvalue weighted by Gasteiger charge is 2.32. The van der Waals surface area contributed by atoms with E-state index in [1.54, 1.807) is 9.80 Å². The molecule has 2 amide bonds. The van der Waals surface area contributed by atoms with Crippen molar-refractivity contribution in [2.45, 2.75) is 32.6 Å². The lowest BCUT2D eigenvalue weighted by Gasteiger charge is -2.34. The molecule has 112 valence electrons. The molecule has 0 saturated carbocycles. The molecule has 1 atom stereocenters. The molecule has 0 bridgehead atoms. The molecule has 0 aliphatic carbocycles. The van der Waals surface area contributed by atoms with Crippen molar-refractivity contribution in [3.63, 3.8) is 0 Å². The lowest BCUT2D eigenvalue weighted by atomic mass is 9.99. The van der Waals surface area contributed by atoms with Crippen molar-refractivity contribution in [1.29, 1.82) is 0 Å². The Morgan fingerprint density at radius 2 is 1.90 bits per heavy atom. The molecule has 0 spiro atoms. The third-order valence-corrected chi connectivity index (χ3v) is 4.48. The van der Waals surface area contributed by atoms with Gasteiger partial charge in [-0.25, -0.2) is 0 Å². The minimum Gasteiger partial charge on any atom is -0.334 e. The number of hydrogen-bond donors (Lipinski definition) is 0. The summed E-state index contributed by atoms with van der Waals surface area (Å²) in [5.74, 6) is -0.210. The van der Waals surface area contributed by atoms with Crippen molar-refractivity contribution >= 4 is 17.5 Å². The van der Waals surface area contributed by atoms with Crippen LogP contribution in [0.15, 0.2) is 24.3 Å². The van der Waals surface area contributed by atoms with Gasteiger partial charge in [0.05, 0.1) is 0 Å². The van der Waals surface area contributed by atoms with Crippen LogP contribution in [0.4, 0.5) is 5.69 Å². The molecule has 2 aliphatic rings. The molecular formula is C17H22N2O2. The number of nitrogens with zero attached hydrogens (tertiary/aromatic N) is 2. The topological polar surface area (TPSA) is 40.6 Å². The SMILES string of the molecule is CC1CCCN(C(=O)C(=O)N2CCCc3ccccc32)C1. The number of rotatable bonds is 0. The second-order valence-electron chi connectivity index (χ2n) is 6.19. The molecule has 4 nitrogen and oxygen atoms in total. The third kappa shape index (κ3) is 2.80. The van der Waals surface area contributed by atoms with Crippen molar-refractivity contribution in [1.82, 2.24) is 4.90 Å². The van der Waals surface area contributed by atoms with Crippen LogP contribution in [0.5, 0.6) is 0 Å². The lowest BCUT2D eigenvalue weighted by Crippen LogP contribution is -2.49. The molecule has 1 unspecified atom stereocenters. The Kier molecular flexibility index (Phi) is 3.95. The highest BCUT2D eigenvalue weighted by Crippen LogP contribution is 2.27. The van der Waals surface area contributed by atoms with Gasteiger partial charge in [-0.15, -0.1) is 0 Å². The number of likely N-dealkylation sites (tertiary alicyclic amines) is 1. The van der Waals surface area contributed by atoms with Gasteiger partial charge in [0.25, 0.3) is 0 Å². The van der Waals surface area contributed by atoms with Gasteiger partial charge in [0.1, 0.15) is 0 Å². The molecule has 0 N–H and O–H groups in total. The standard InChI is InChI=1S/C17H22N2O2/c1-13-6-4-10-18(12-13)16(20)17(21)19-11-5-8-14-7-2-3-9-15(14)19/h2-3,7,9,13H,4-6,8,10-12H2,1H3. The summed E-state index contributed by atoms with van der Waals surface area (Å²) in [6.07, 6.45) is 4.04. The van der Waals surface area contributed by atoms with Gasteiger partial charge in [-0.3, -0.25) is 9.59 Å². The number of carbonyl (C=O) groups is 2. The Labute approximate surface area is 125 Å². The molecule has 0 radical (unpaired) electrons. The number of piperidine rings is 1. The first-order valence-electron chi connectivity index (χ1n) is 7.85. The highest BCUT2D eigenvalue weighted by molar-refractivity contribution is 6.40. The van der Waals surface area contributed by atoms with Gasteiger partial charge in [-0.1, -0.05) is 25.1 Å². The fraction of sp³-hybridized carbons (Fsp3) is 0.529. The minimum atomic E-state index is -0.365. The fourth-order valence-corrected chi connectivity index (χ4v) is 3.37. The molecule has 1 saturated heterocycles. The molecule has 3 rings (SSSR count). The Morgan fingerprint density at radius 1 is 1.10 bits per heavy atom. The average molecular weight is 286 g/mol. The summed E-state index contributed by atoms with van der Waals surface area (Å²) in [5.41, 5.74) is 2.07. The van der Waals surface area contributed by atoms with Crippen molar-refractivity contribution in [2.24, 2.45) is 5.92 Å². The van der Waals surface area contributed by atoms with Gasteiger partial charge < -0.3 is 9.80 Å². The highest BCUT2D eigenvalue weighted by atomic mass is 16.2. The normalized spacial score (nSPS) is 21.9. The molecule has 1 aromatic rings. The second kappa shape index (κ2) is 5.88. The number of hydrogen-bond acceptors (Lipinski definition) is 2. The van der Waals surface area contributed by atoms with E-state index >= 15 is 0 Å². The first kappa shape index (κ1) is 14.1. The monoisotopic (exact) mass is 286 g/mol. The number of anilines is 1. The summed E-state index contributed by atoms with van der Waals surface area (Å²) < 4.78 is 0. The number of benzene rings is 1. The van der Waals surface area contributed by atoms with Crippen LogP contribution < -0.4 is 4.90 Å². The van der Waals surface area contributed by atoms with Gasteiger partial charge >= 0.3 is 11.8 Å². The third-order valence-electron chi connectivity index (χ3n) is 4.48. The quantitative estimate of drug-likeness (QED) is 0.686. The molecule has 4 heteroatoms. The molecule has 1 fully saturated rings. The Bertz CT molecular complexity index is 555. The molecular weight excluding hydrogens is 264 g/mol. The van der Waals surface area contributed by atoms with E-state index in [0.717, 1.165) is 36.9 Å². The molecule has 2 aliphatic heterocycles. The zero-order valence-corrected chi connectivity index (χ0v) is 12.5. The second-order valence-corrected chi connectivity index (χ2v) is 6.19. The number of aryl methyl sites for hydroxylation is 1. The van der Waals surface area contributed by atoms with Gasteiger partial charge in [-0.05, 0) is 43.2 Å². The molecule has 0 aromatic heterocycles. The van der Waals surface area contributed by atoms with Crippen LogP contribution in [-0.4, -0.2) is 36.3 Å². The number of fused-ring (bicyclic) bond motifs is 1. The smallest absolute Gasteiger partial charge is 0.316 e. The summed E-state index contributed by atoms with van der Waals surface area (Å²) in [4.78, 5) is 28.5. The van der Waals surface area contributed by atoms with Crippen molar-refractivity contribution in [3.05, 3.63) is 29.8 Å². The maximum atomic E-state index is 12.6. The maximum absolute atomic E-state index is 12.6. The van der Waals surface area contributed by atoms with E-state index in [-0.39, 0.29) is 11.8 Å². The molecule has 2 heterocycles. The van der Waals surface area contributed by atoms with E-state index in [1.165, 1.54) is 0 Å². The molecule has 21 heavy (non-hydrogen) atoms. The average Bonchev–Trinajstić information content (AvgIpc) is 2.53. The van der Waals surface area contributed by atoms with E-state index in [0.29, 0.717) is 25.6 Å². The van der Waals surface area contributed by atoms with Crippen LogP contribution in [0.1, 0.15) is 31.7 Å². The Hall–Kier alpha value is -1.84. The summed E-state index contributed by atoms with van der Waals surface area (Å²) in [5, 5.41) is 0. The summed E-state index contributed by atoms with van der Waals surface area (Å²) in [7, 11) is 0. The van der Waals surface area contributed by atoms with E-state index in [4.69, 9.17) is 0 Å². The van der Waals surface area contributed by atoms with Crippen LogP contribution in [-0.2, 0) is 16.0 Å². The number of amides is 2. The van der Waals surface area contributed by atoms with E-state index in [9.17, 15) is 9.59 Å². The minimum absolute atomic E-state index is 0.335. The van der Waals surface area contributed by atoms with E-state index in [1.807, 2.05) is 24.3 Å². The van der Waals surface area contributed by atoms with Crippen LogP contribution in [0, 0.1) is 5.92 Å². The van der Waals surface area contributed by atoms with Crippen LogP contribution in [0.25, 0.3) is 0 Å². The van der Waals surface area contributed by atoms with Gasteiger partial charge in [0, 0.05) is 25.3 Å². The number of carbonyl (C=O) groups excluding carboxylic acids is 2. The van der Waals surface area contributed by atoms with E-state index in [2.05, 4.69) is 6.92 Å². The lowest BCUT2D eigenvalue weighted by molar-refractivity contribution is -0.145. The molecule has 1 aromatic carbocycles.